The molecule has 0 radical (unpaired) electrons. The van der Waals surface area contributed by atoms with E-state index in [4.69, 9.17) is 46.4 Å². The Morgan fingerprint density at radius 3 is 2.46 bits per heavy atom. The van der Waals surface area contributed by atoms with Gasteiger partial charge in [-0.15, -0.1) is 10.2 Å². The molecule has 0 atom stereocenters. The Bertz CT molecular complexity index is 1480. The summed E-state index contributed by atoms with van der Waals surface area (Å²) in [4.78, 5) is 25.3. The van der Waals surface area contributed by atoms with E-state index in [9.17, 15) is 9.59 Å². The van der Waals surface area contributed by atoms with Crippen LogP contribution in [0.25, 0.3) is 5.69 Å². The second-order valence-corrected chi connectivity index (χ2v) is 10.4. The van der Waals surface area contributed by atoms with Gasteiger partial charge in [0.25, 0.3) is 5.91 Å². The molecule has 4 rings (SSSR count). The predicted molar refractivity (Wildman–Crippen MR) is 150 cm³/mol. The zero-order valence-corrected chi connectivity index (χ0v) is 23.1. The van der Waals surface area contributed by atoms with Crippen molar-refractivity contribution in [1.82, 2.24) is 20.1 Å². The summed E-state index contributed by atoms with van der Waals surface area (Å²) in [7, 11) is 0. The van der Waals surface area contributed by atoms with Crippen molar-refractivity contribution in [1.29, 1.82) is 0 Å². The molecule has 3 aromatic carbocycles. The van der Waals surface area contributed by atoms with Crippen molar-refractivity contribution >= 4 is 75.7 Å². The Labute approximate surface area is 237 Å². The number of aryl methyl sites for hydroxylation is 1. The standard InChI is InChI=1S/C25H19Cl4N5O2S/c1-14-3-2-4-16(9-14)31-23(35)13-37-25-33-32-22(34(25)17-6-8-20(28)21(29)11-17)12-30-24(36)18-10-15(26)5-7-19(18)27/h2-11H,12-13H2,1H3,(H,30,36)(H,31,35). The van der Waals surface area contributed by atoms with Crippen molar-refractivity contribution in [3.05, 3.63) is 97.7 Å². The van der Waals surface area contributed by atoms with Gasteiger partial charge in [0.15, 0.2) is 11.0 Å². The molecule has 190 valence electrons. The smallest absolute Gasteiger partial charge is 0.253 e. The predicted octanol–water partition coefficient (Wildman–Crippen LogP) is 6.85. The maximum Gasteiger partial charge on any atom is 0.253 e. The second kappa shape index (κ2) is 12.2. The minimum atomic E-state index is -0.428. The number of nitrogens with one attached hydrogen (secondary N) is 2. The molecular weight excluding hydrogens is 576 g/mol. The zero-order valence-electron chi connectivity index (χ0n) is 19.3. The minimum absolute atomic E-state index is 0.0188. The van der Waals surface area contributed by atoms with Crippen LogP contribution in [0.1, 0.15) is 21.7 Å². The highest BCUT2D eigenvalue weighted by atomic mass is 35.5. The molecule has 37 heavy (non-hydrogen) atoms. The number of halogens is 4. The van der Waals surface area contributed by atoms with E-state index in [1.165, 1.54) is 17.8 Å². The van der Waals surface area contributed by atoms with Crippen molar-refractivity contribution < 1.29 is 9.59 Å². The van der Waals surface area contributed by atoms with Gasteiger partial charge in [0.1, 0.15) is 0 Å². The van der Waals surface area contributed by atoms with Crippen molar-refractivity contribution in [3.8, 4) is 5.69 Å². The first-order valence-electron chi connectivity index (χ1n) is 10.8. The van der Waals surface area contributed by atoms with E-state index >= 15 is 0 Å². The number of nitrogens with zero attached hydrogens (tertiary/aromatic N) is 3. The number of carbonyl (C=O) groups excluding carboxylic acids is 2. The first kappa shape index (κ1) is 27.3. The molecule has 4 aromatic rings. The third kappa shape index (κ3) is 6.97. The molecule has 0 saturated heterocycles. The Balaban J connectivity index is 1.55. The highest BCUT2D eigenvalue weighted by molar-refractivity contribution is 7.99. The minimum Gasteiger partial charge on any atom is -0.345 e. The molecule has 2 amide bonds. The monoisotopic (exact) mass is 593 g/mol. The van der Waals surface area contributed by atoms with Crippen LogP contribution in [-0.2, 0) is 11.3 Å². The summed E-state index contributed by atoms with van der Waals surface area (Å²) in [5.74, 6) is -0.142. The first-order valence-corrected chi connectivity index (χ1v) is 13.3. The molecule has 0 unspecified atom stereocenters. The van der Waals surface area contributed by atoms with Gasteiger partial charge in [0, 0.05) is 10.7 Å². The molecule has 12 heteroatoms. The largest absolute Gasteiger partial charge is 0.345 e. The van der Waals surface area contributed by atoms with Gasteiger partial charge in [-0.05, 0) is 61.0 Å². The number of rotatable bonds is 8. The Morgan fingerprint density at radius 2 is 1.70 bits per heavy atom. The van der Waals surface area contributed by atoms with Gasteiger partial charge in [-0.3, -0.25) is 14.2 Å². The molecule has 1 heterocycles. The lowest BCUT2D eigenvalue weighted by molar-refractivity contribution is -0.113. The van der Waals surface area contributed by atoms with Gasteiger partial charge in [-0.2, -0.15) is 0 Å². The topological polar surface area (TPSA) is 88.9 Å². The number of aromatic nitrogens is 3. The maximum absolute atomic E-state index is 12.7. The van der Waals surface area contributed by atoms with Crippen LogP contribution in [0.15, 0.2) is 65.8 Å². The number of carbonyl (C=O) groups is 2. The molecule has 0 bridgehead atoms. The lowest BCUT2D eigenvalue weighted by Crippen LogP contribution is -2.25. The van der Waals surface area contributed by atoms with Crippen LogP contribution in [0, 0.1) is 6.92 Å². The van der Waals surface area contributed by atoms with Gasteiger partial charge in [-0.25, -0.2) is 0 Å². The summed E-state index contributed by atoms with van der Waals surface area (Å²) in [5, 5.41) is 15.9. The summed E-state index contributed by atoms with van der Waals surface area (Å²) < 4.78 is 1.70. The van der Waals surface area contributed by atoms with Gasteiger partial charge in [-0.1, -0.05) is 70.3 Å². The summed E-state index contributed by atoms with van der Waals surface area (Å²) >= 11 is 25.7. The number of benzene rings is 3. The van der Waals surface area contributed by atoms with Crippen molar-refractivity contribution in [3.63, 3.8) is 0 Å². The van der Waals surface area contributed by atoms with E-state index in [1.54, 1.807) is 34.9 Å². The highest BCUT2D eigenvalue weighted by Gasteiger charge is 2.19. The van der Waals surface area contributed by atoms with Crippen LogP contribution in [-0.4, -0.2) is 32.3 Å². The van der Waals surface area contributed by atoms with Crippen molar-refractivity contribution in [2.24, 2.45) is 0 Å². The Kier molecular flexibility index (Phi) is 9.00. The van der Waals surface area contributed by atoms with E-state index in [2.05, 4.69) is 20.8 Å². The van der Waals surface area contributed by atoms with Gasteiger partial charge < -0.3 is 10.6 Å². The van der Waals surface area contributed by atoms with Crippen LogP contribution in [0.2, 0.25) is 20.1 Å². The number of anilines is 1. The van der Waals surface area contributed by atoms with Gasteiger partial charge in [0.2, 0.25) is 5.91 Å². The quantitative estimate of drug-likeness (QED) is 0.218. The molecule has 2 N–H and O–H groups in total. The van der Waals surface area contributed by atoms with Crippen LogP contribution in [0.3, 0.4) is 0 Å². The fourth-order valence-corrected chi connectivity index (χ4v) is 4.81. The van der Waals surface area contributed by atoms with Crippen molar-refractivity contribution in [2.75, 3.05) is 11.1 Å². The van der Waals surface area contributed by atoms with E-state index in [0.29, 0.717) is 37.4 Å². The molecule has 0 spiro atoms. The Hall–Kier alpha value is -2.75. The normalized spacial score (nSPS) is 10.8. The summed E-state index contributed by atoms with van der Waals surface area (Å²) in [6.45, 7) is 1.97. The van der Waals surface area contributed by atoms with Gasteiger partial charge >= 0.3 is 0 Å². The molecule has 0 aliphatic rings. The lowest BCUT2D eigenvalue weighted by Gasteiger charge is -2.12. The molecular formula is C25H19Cl4N5O2S. The Morgan fingerprint density at radius 1 is 0.919 bits per heavy atom. The first-order chi connectivity index (χ1) is 17.7. The summed E-state index contributed by atoms with van der Waals surface area (Å²) in [5.41, 5.74) is 2.60. The van der Waals surface area contributed by atoms with E-state index in [0.717, 1.165) is 5.56 Å². The lowest BCUT2D eigenvalue weighted by atomic mass is 10.2. The zero-order chi connectivity index (χ0) is 26.5. The number of amides is 2. The van der Waals surface area contributed by atoms with Crippen LogP contribution in [0.4, 0.5) is 5.69 Å². The maximum atomic E-state index is 12.7. The molecule has 0 saturated carbocycles. The van der Waals surface area contributed by atoms with Gasteiger partial charge in [0.05, 0.1) is 38.6 Å². The van der Waals surface area contributed by atoms with E-state index in [-0.39, 0.29) is 28.8 Å². The molecule has 1 aromatic heterocycles. The average Bonchev–Trinajstić information content (AvgIpc) is 3.27. The molecule has 0 fully saturated rings. The fourth-order valence-electron chi connectivity index (χ4n) is 3.37. The van der Waals surface area contributed by atoms with E-state index < -0.39 is 5.91 Å². The fraction of sp³-hybridized carbons (Fsp3) is 0.120. The van der Waals surface area contributed by atoms with Crippen molar-refractivity contribution in [2.45, 2.75) is 18.6 Å². The molecule has 0 aliphatic heterocycles. The highest BCUT2D eigenvalue weighted by Crippen LogP contribution is 2.28. The third-order valence-electron chi connectivity index (χ3n) is 5.08. The van der Waals surface area contributed by atoms with Crippen LogP contribution >= 0.6 is 58.2 Å². The third-order valence-corrected chi connectivity index (χ3v) is 7.31. The number of hydrogen-bond acceptors (Lipinski definition) is 5. The average molecular weight is 595 g/mol. The van der Waals surface area contributed by atoms with Crippen LogP contribution < -0.4 is 10.6 Å². The molecule has 0 aliphatic carbocycles. The summed E-state index contributed by atoms with van der Waals surface area (Å²) in [6, 6.07) is 17.2. The SMILES string of the molecule is Cc1cccc(NC(=O)CSc2nnc(CNC(=O)c3cc(Cl)ccc3Cl)n2-c2ccc(Cl)c(Cl)c2)c1. The number of hydrogen-bond donors (Lipinski definition) is 2. The molecule has 7 nitrogen and oxygen atoms in total. The number of thioether (sulfide) groups is 1. The second-order valence-electron chi connectivity index (χ2n) is 7.85. The van der Waals surface area contributed by atoms with Crippen LogP contribution in [0.5, 0.6) is 0 Å². The van der Waals surface area contributed by atoms with E-state index in [1.807, 2.05) is 31.2 Å². The summed E-state index contributed by atoms with van der Waals surface area (Å²) in [6.07, 6.45) is 0.